The fourth-order valence-corrected chi connectivity index (χ4v) is 5.90. The normalized spacial score (nSPS) is 11.2. The Morgan fingerprint density at radius 2 is 1.80 bits per heavy atom. The average molecular weight is 537 g/mol. The van der Waals surface area contributed by atoms with E-state index in [-0.39, 0.29) is 22.9 Å². The van der Waals surface area contributed by atoms with Gasteiger partial charge in [-0.25, -0.2) is 12.8 Å². The molecule has 0 radical (unpaired) electrons. The molecule has 0 unspecified atom stereocenters. The highest BCUT2D eigenvalue weighted by molar-refractivity contribution is 7.98. The number of nitrogens with zero attached hydrogens (tertiary/aromatic N) is 1. The lowest BCUT2D eigenvalue weighted by Gasteiger charge is -2.25. The van der Waals surface area contributed by atoms with E-state index in [9.17, 15) is 17.6 Å². The molecular formula is C25H26ClFN2O4S2. The third-order valence-electron chi connectivity index (χ3n) is 5.13. The Morgan fingerprint density at radius 3 is 2.49 bits per heavy atom. The SMILES string of the molecule is COc1ccccc1N(CC(=O)NCCSCc1c(F)cccc1Cl)S(=O)(=O)c1ccc(C)cc1. The van der Waals surface area contributed by atoms with Gasteiger partial charge in [0.2, 0.25) is 5.91 Å². The minimum Gasteiger partial charge on any atom is -0.495 e. The third-order valence-corrected chi connectivity index (χ3v) is 8.24. The average Bonchev–Trinajstić information content (AvgIpc) is 2.84. The van der Waals surface area contributed by atoms with Gasteiger partial charge in [0.05, 0.1) is 17.7 Å². The minimum absolute atomic E-state index is 0.0686. The van der Waals surface area contributed by atoms with E-state index in [0.29, 0.717) is 27.8 Å². The standard InChI is InChI=1S/C25H26ClFN2O4S2/c1-18-10-12-19(13-11-18)35(31,32)29(23-8-3-4-9-24(23)33-2)16-25(30)28-14-15-34-17-20-21(26)6-5-7-22(20)27/h3-13H,14-17H2,1-2H3,(H,28,30). The van der Waals surface area contributed by atoms with Gasteiger partial charge in [0.1, 0.15) is 18.1 Å². The molecule has 10 heteroatoms. The summed E-state index contributed by atoms with van der Waals surface area (Å²) in [5.41, 5.74) is 1.59. The molecule has 0 aliphatic rings. The van der Waals surface area contributed by atoms with E-state index < -0.39 is 22.5 Å². The van der Waals surface area contributed by atoms with Gasteiger partial charge in [-0.3, -0.25) is 9.10 Å². The number of amides is 1. The van der Waals surface area contributed by atoms with Crippen LogP contribution in [0.25, 0.3) is 0 Å². The predicted octanol–water partition coefficient (Wildman–Crippen LogP) is 5.04. The van der Waals surface area contributed by atoms with Crippen LogP contribution >= 0.6 is 23.4 Å². The molecule has 35 heavy (non-hydrogen) atoms. The summed E-state index contributed by atoms with van der Waals surface area (Å²) in [6, 6.07) is 17.6. The molecule has 0 aliphatic heterocycles. The van der Waals surface area contributed by atoms with Crippen LogP contribution in [0, 0.1) is 12.7 Å². The van der Waals surface area contributed by atoms with Crippen LogP contribution in [-0.4, -0.2) is 40.3 Å². The van der Waals surface area contributed by atoms with Gasteiger partial charge in [-0.05, 0) is 43.3 Å². The molecule has 0 spiro atoms. The van der Waals surface area contributed by atoms with Gasteiger partial charge in [0, 0.05) is 28.6 Å². The lowest BCUT2D eigenvalue weighted by molar-refractivity contribution is -0.119. The Labute approximate surface area is 214 Å². The zero-order valence-corrected chi connectivity index (χ0v) is 21.7. The van der Waals surface area contributed by atoms with Crippen LogP contribution < -0.4 is 14.4 Å². The minimum atomic E-state index is -4.05. The number of aryl methyl sites for hydroxylation is 1. The van der Waals surface area contributed by atoms with Gasteiger partial charge in [-0.15, -0.1) is 0 Å². The van der Waals surface area contributed by atoms with Crippen molar-refractivity contribution in [2.45, 2.75) is 17.6 Å². The Morgan fingerprint density at radius 1 is 1.09 bits per heavy atom. The van der Waals surface area contributed by atoms with Crippen LogP contribution in [0.1, 0.15) is 11.1 Å². The molecule has 0 aromatic heterocycles. The van der Waals surface area contributed by atoms with Gasteiger partial charge < -0.3 is 10.1 Å². The third kappa shape index (κ3) is 6.90. The fraction of sp³-hybridized carbons (Fsp3) is 0.240. The van der Waals surface area contributed by atoms with Crippen LogP contribution in [0.3, 0.4) is 0 Å². The van der Waals surface area contributed by atoms with Gasteiger partial charge in [-0.2, -0.15) is 11.8 Å². The quantitative estimate of drug-likeness (QED) is 0.347. The number of hydrogen-bond donors (Lipinski definition) is 1. The zero-order chi connectivity index (χ0) is 25.4. The number of anilines is 1. The number of methoxy groups -OCH3 is 1. The first kappa shape index (κ1) is 26.8. The highest BCUT2D eigenvalue weighted by Gasteiger charge is 2.29. The summed E-state index contributed by atoms with van der Waals surface area (Å²) >= 11 is 7.45. The van der Waals surface area contributed by atoms with E-state index in [2.05, 4.69) is 5.32 Å². The van der Waals surface area contributed by atoms with Crippen LogP contribution in [0.15, 0.2) is 71.6 Å². The maximum atomic E-state index is 13.9. The summed E-state index contributed by atoms with van der Waals surface area (Å²) in [6.45, 7) is 1.71. The molecule has 0 atom stereocenters. The lowest BCUT2D eigenvalue weighted by atomic mass is 10.2. The highest BCUT2D eigenvalue weighted by atomic mass is 35.5. The summed E-state index contributed by atoms with van der Waals surface area (Å²) in [5.74, 6) is 0.332. The highest BCUT2D eigenvalue weighted by Crippen LogP contribution is 2.32. The largest absolute Gasteiger partial charge is 0.495 e. The number of rotatable bonds is 11. The van der Waals surface area contributed by atoms with E-state index in [4.69, 9.17) is 16.3 Å². The number of benzene rings is 3. The molecule has 0 saturated carbocycles. The van der Waals surface area contributed by atoms with E-state index in [1.165, 1.54) is 37.1 Å². The van der Waals surface area contributed by atoms with Gasteiger partial charge in [0.15, 0.2) is 0 Å². The van der Waals surface area contributed by atoms with E-state index in [1.54, 1.807) is 48.5 Å². The van der Waals surface area contributed by atoms with Gasteiger partial charge in [-0.1, -0.05) is 47.5 Å². The molecule has 1 N–H and O–H groups in total. The predicted molar refractivity (Wildman–Crippen MR) is 139 cm³/mol. The zero-order valence-electron chi connectivity index (χ0n) is 19.3. The molecular weight excluding hydrogens is 511 g/mol. The molecule has 3 aromatic rings. The Hall–Kier alpha value is -2.75. The monoisotopic (exact) mass is 536 g/mol. The second-order valence-electron chi connectivity index (χ2n) is 7.60. The van der Waals surface area contributed by atoms with Crippen molar-refractivity contribution < 1.29 is 22.3 Å². The number of carbonyl (C=O) groups excluding carboxylic acids is 1. The van der Waals surface area contributed by atoms with Crippen LogP contribution in [-0.2, 0) is 20.6 Å². The van der Waals surface area contributed by atoms with Crippen molar-refractivity contribution in [3.63, 3.8) is 0 Å². The Bertz CT molecular complexity index is 1250. The molecule has 0 bridgehead atoms. The first-order valence-corrected chi connectivity index (χ1v) is 13.7. The molecule has 0 fully saturated rings. The molecule has 0 heterocycles. The molecule has 186 valence electrons. The Balaban J connectivity index is 1.69. The number of carbonyl (C=O) groups is 1. The molecule has 3 rings (SSSR count). The smallest absolute Gasteiger partial charge is 0.264 e. The van der Waals surface area contributed by atoms with Crippen molar-refractivity contribution in [3.8, 4) is 5.75 Å². The second kappa shape index (κ2) is 12.3. The first-order valence-electron chi connectivity index (χ1n) is 10.7. The number of hydrogen-bond acceptors (Lipinski definition) is 5. The van der Waals surface area contributed by atoms with Crippen molar-refractivity contribution >= 4 is 45.0 Å². The summed E-state index contributed by atoms with van der Waals surface area (Å²) in [4.78, 5) is 12.8. The van der Waals surface area contributed by atoms with Crippen LogP contribution in [0.5, 0.6) is 5.75 Å². The topological polar surface area (TPSA) is 75.7 Å². The second-order valence-corrected chi connectivity index (χ2v) is 11.0. The summed E-state index contributed by atoms with van der Waals surface area (Å²) in [5, 5.41) is 3.09. The maximum absolute atomic E-state index is 13.9. The molecule has 0 saturated heterocycles. The van der Waals surface area contributed by atoms with E-state index in [1.807, 2.05) is 6.92 Å². The Kier molecular flexibility index (Phi) is 9.42. The first-order chi connectivity index (χ1) is 16.7. The molecule has 3 aromatic carbocycles. The number of para-hydroxylation sites is 2. The summed E-state index contributed by atoms with van der Waals surface area (Å²) < 4.78 is 47.2. The van der Waals surface area contributed by atoms with E-state index >= 15 is 0 Å². The van der Waals surface area contributed by atoms with Crippen LogP contribution in [0.2, 0.25) is 5.02 Å². The molecule has 1 amide bonds. The molecule has 6 nitrogen and oxygen atoms in total. The summed E-state index contributed by atoms with van der Waals surface area (Å²) in [7, 11) is -2.61. The van der Waals surface area contributed by atoms with Crippen molar-refractivity contribution in [1.29, 1.82) is 0 Å². The number of sulfonamides is 1. The van der Waals surface area contributed by atoms with Crippen molar-refractivity contribution in [1.82, 2.24) is 5.32 Å². The lowest BCUT2D eigenvalue weighted by Crippen LogP contribution is -2.41. The van der Waals surface area contributed by atoms with E-state index in [0.717, 1.165) is 9.87 Å². The van der Waals surface area contributed by atoms with Crippen molar-refractivity contribution in [2.75, 3.05) is 30.3 Å². The number of halogens is 2. The number of ether oxygens (including phenoxy) is 1. The van der Waals surface area contributed by atoms with Crippen molar-refractivity contribution in [3.05, 3.63) is 88.7 Å². The molecule has 0 aliphatic carbocycles. The van der Waals surface area contributed by atoms with Crippen molar-refractivity contribution in [2.24, 2.45) is 0 Å². The number of nitrogens with one attached hydrogen (secondary N) is 1. The maximum Gasteiger partial charge on any atom is 0.264 e. The van der Waals surface area contributed by atoms with Gasteiger partial charge >= 0.3 is 0 Å². The summed E-state index contributed by atoms with van der Waals surface area (Å²) in [6.07, 6.45) is 0. The fourth-order valence-electron chi connectivity index (χ4n) is 3.27. The van der Waals surface area contributed by atoms with Gasteiger partial charge in [0.25, 0.3) is 10.0 Å². The number of thioether (sulfide) groups is 1. The van der Waals surface area contributed by atoms with Crippen LogP contribution in [0.4, 0.5) is 10.1 Å².